The molecule has 0 aromatic heterocycles. The highest BCUT2D eigenvalue weighted by Crippen LogP contribution is 2.18. The summed E-state index contributed by atoms with van der Waals surface area (Å²) in [4.78, 5) is 13.8. The molecule has 0 bridgehead atoms. The normalized spacial score (nSPS) is 28.9. The Kier molecular flexibility index (Phi) is 5.78. The van der Waals surface area contributed by atoms with Crippen molar-refractivity contribution in [3.05, 3.63) is 23.8 Å². The van der Waals surface area contributed by atoms with Gasteiger partial charge in [0.05, 0.1) is 12.6 Å². The Morgan fingerprint density at radius 3 is 2.95 bits per heavy atom. The van der Waals surface area contributed by atoms with E-state index >= 15 is 0 Å². The van der Waals surface area contributed by atoms with Gasteiger partial charge in [0, 0.05) is 19.0 Å². The molecule has 3 atom stereocenters. The van der Waals surface area contributed by atoms with Crippen LogP contribution in [-0.2, 0) is 9.47 Å². The third-order valence-electron chi connectivity index (χ3n) is 3.82. The van der Waals surface area contributed by atoms with E-state index in [-0.39, 0.29) is 24.8 Å². The zero-order valence-electron chi connectivity index (χ0n) is 12.4. The van der Waals surface area contributed by atoms with E-state index < -0.39 is 6.29 Å². The molecule has 118 valence electrons. The number of nitrogens with two attached hydrogens (primary N) is 1. The van der Waals surface area contributed by atoms with Crippen molar-refractivity contribution >= 4 is 6.09 Å². The van der Waals surface area contributed by atoms with Gasteiger partial charge in [-0.2, -0.15) is 0 Å². The van der Waals surface area contributed by atoms with Crippen LogP contribution in [0.1, 0.15) is 26.2 Å². The van der Waals surface area contributed by atoms with Gasteiger partial charge in [0.2, 0.25) is 0 Å². The quantitative estimate of drug-likeness (QED) is 0.813. The van der Waals surface area contributed by atoms with Crippen LogP contribution in [0.2, 0.25) is 0 Å². The van der Waals surface area contributed by atoms with Gasteiger partial charge in [0.1, 0.15) is 6.61 Å². The molecule has 2 aliphatic rings. The summed E-state index contributed by atoms with van der Waals surface area (Å²) < 4.78 is 10.6. The van der Waals surface area contributed by atoms with Gasteiger partial charge in [-0.15, -0.1) is 0 Å². The number of rotatable bonds is 4. The highest BCUT2D eigenvalue weighted by molar-refractivity contribution is 5.68. The molecule has 0 saturated carbocycles. The maximum Gasteiger partial charge on any atom is 0.410 e. The molecular weight excluding hydrogens is 272 g/mol. The van der Waals surface area contributed by atoms with Crippen LogP contribution in [0, 0.1) is 0 Å². The Hall–Kier alpha value is -1.37. The second-order valence-electron chi connectivity index (χ2n) is 5.40. The van der Waals surface area contributed by atoms with Crippen LogP contribution in [0.3, 0.4) is 0 Å². The number of carbonyl (C=O) groups excluding carboxylic acids is 1. The lowest BCUT2D eigenvalue weighted by Crippen LogP contribution is -2.46. The molecule has 3 unspecified atom stereocenters. The fraction of sp³-hybridized carbons (Fsp3) is 0.667. The van der Waals surface area contributed by atoms with Crippen molar-refractivity contribution in [1.82, 2.24) is 4.90 Å². The fourth-order valence-electron chi connectivity index (χ4n) is 2.52. The fourth-order valence-corrected chi connectivity index (χ4v) is 2.52. The lowest BCUT2D eigenvalue weighted by Gasteiger charge is -2.34. The van der Waals surface area contributed by atoms with E-state index in [1.807, 2.05) is 25.2 Å². The Balaban J connectivity index is 1.82. The molecule has 0 aromatic rings. The number of hydrogen-bond acceptors (Lipinski definition) is 5. The molecule has 0 aromatic carbocycles. The highest BCUT2D eigenvalue weighted by atomic mass is 16.6. The molecule has 1 amide bonds. The van der Waals surface area contributed by atoms with E-state index in [4.69, 9.17) is 15.2 Å². The number of nitrogens with zero attached hydrogens (tertiary/aromatic N) is 1. The standard InChI is InChI=1S/C15H24N2O4/c1-2-17(13-7-8-14(18)20-10-13)15(19)21-9-11-3-5-12(16)6-4-11/h3-5,12-14,18H,2,6-10,16H2,1H3. The molecular formula is C15H24N2O4. The first-order valence-corrected chi connectivity index (χ1v) is 7.46. The molecule has 1 aliphatic heterocycles. The minimum absolute atomic E-state index is 0.0322. The van der Waals surface area contributed by atoms with Gasteiger partial charge in [-0.3, -0.25) is 0 Å². The largest absolute Gasteiger partial charge is 0.445 e. The topological polar surface area (TPSA) is 85.0 Å². The van der Waals surface area contributed by atoms with Crippen LogP contribution in [-0.4, -0.2) is 54.2 Å². The van der Waals surface area contributed by atoms with Crippen molar-refractivity contribution in [3.63, 3.8) is 0 Å². The summed E-state index contributed by atoms with van der Waals surface area (Å²) in [7, 11) is 0. The van der Waals surface area contributed by atoms with E-state index in [1.165, 1.54) is 0 Å². The molecule has 6 nitrogen and oxygen atoms in total. The number of aliphatic hydroxyl groups is 1. The van der Waals surface area contributed by atoms with Crippen LogP contribution in [0.5, 0.6) is 0 Å². The number of carbonyl (C=O) groups is 1. The Morgan fingerprint density at radius 1 is 1.57 bits per heavy atom. The molecule has 0 radical (unpaired) electrons. The van der Waals surface area contributed by atoms with E-state index in [1.54, 1.807) is 4.90 Å². The molecule has 21 heavy (non-hydrogen) atoms. The first-order chi connectivity index (χ1) is 10.1. The molecule has 6 heteroatoms. The van der Waals surface area contributed by atoms with Gasteiger partial charge >= 0.3 is 6.09 Å². The molecule has 2 rings (SSSR count). The lowest BCUT2D eigenvalue weighted by molar-refractivity contribution is -0.143. The summed E-state index contributed by atoms with van der Waals surface area (Å²) >= 11 is 0. The van der Waals surface area contributed by atoms with Crippen molar-refractivity contribution in [2.45, 2.75) is 44.6 Å². The van der Waals surface area contributed by atoms with Crippen LogP contribution < -0.4 is 5.73 Å². The van der Waals surface area contributed by atoms with Crippen molar-refractivity contribution in [2.24, 2.45) is 5.73 Å². The number of amides is 1. The summed E-state index contributed by atoms with van der Waals surface area (Å²) in [5, 5.41) is 9.33. The predicted molar refractivity (Wildman–Crippen MR) is 78.5 cm³/mol. The van der Waals surface area contributed by atoms with E-state index in [0.29, 0.717) is 19.6 Å². The summed E-state index contributed by atoms with van der Waals surface area (Å²) in [6, 6.07) is 0.0256. The zero-order valence-corrected chi connectivity index (χ0v) is 12.4. The highest BCUT2D eigenvalue weighted by Gasteiger charge is 2.28. The predicted octanol–water partition coefficient (Wildman–Crippen LogP) is 1.16. The third kappa shape index (κ3) is 4.56. The summed E-state index contributed by atoms with van der Waals surface area (Å²) in [6.45, 7) is 3.07. The lowest BCUT2D eigenvalue weighted by atomic mass is 10.0. The van der Waals surface area contributed by atoms with Crippen LogP contribution >= 0.6 is 0 Å². The first-order valence-electron chi connectivity index (χ1n) is 7.46. The second-order valence-corrected chi connectivity index (χ2v) is 5.40. The van der Waals surface area contributed by atoms with Gasteiger partial charge in [0.25, 0.3) is 0 Å². The van der Waals surface area contributed by atoms with E-state index in [0.717, 1.165) is 18.4 Å². The van der Waals surface area contributed by atoms with Gasteiger partial charge < -0.3 is 25.2 Å². The van der Waals surface area contributed by atoms with E-state index in [9.17, 15) is 9.90 Å². The number of hydrogen-bond donors (Lipinski definition) is 2. The average molecular weight is 296 g/mol. The summed E-state index contributed by atoms with van der Waals surface area (Å²) in [6.07, 6.45) is 6.80. The maximum absolute atomic E-state index is 12.2. The third-order valence-corrected chi connectivity index (χ3v) is 3.82. The van der Waals surface area contributed by atoms with Gasteiger partial charge in [-0.05, 0) is 25.3 Å². The van der Waals surface area contributed by atoms with Gasteiger partial charge in [-0.1, -0.05) is 18.2 Å². The minimum Gasteiger partial charge on any atom is -0.445 e. The molecule has 0 spiro atoms. The molecule has 1 heterocycles. The van der Waals surface area contributed by atoms with Crippen LogP contribution in [0.15, 0.2) is 23.8 Å². The molecule has 1 aliphatic carbocycles. The Morgan fingerprint density at radius 2 is 2.38 bits per heavy atom. The Labute approximate surface area is 125 Å². The van der Waals surface area contributed by atoms with Gasteiger partial charge in [0.15, 0.2) is 6.29 Å². The van der Waals surface area contributed by atoms with Gasteiger partial charge in [-0.25, -0.2) is 4.79 Å². The Bertz CT molecular complexity index is 414. The summed E-state index contributed by atoms with van der Waals surface area (Å²) in [5.74, 6) is 0. The first kappa shape index (κ1) is 16.0. The van der Waals surface area contributed by atoms with Crippen molar-refractivity contribution in [1.29, 1.82) is 0 Å². The van der Waals surface area contributed by atoms with Crippen molar-refractivity contribution in [3.8, 4) is 0 Å². The summed E-state index contributed by atoms with van der Waals surface area (Å²) in [5.41, 5.74) is 6.72. The molecule has 3 N–H and O–H groups in total. The monoisotopic (exact) mass is 296 g/mol. The van der Waals surface area contributed by atoms with Crippen molar-refractivity contribution in [2.75, 3.05) is 19.8 Å². The minimum atomic E-state index is -0.710. The number of aliphatic hydroxyl groups excluding tert-OH is 1. The van der Waals surface area contributed by atoms with Crippen LogP contribution in [0.25, 0.3) is 0 Å². The molecule has 1 saturated heterocycles. The SMILES string of the molecule is CCN(C(=O)OCC1=CCC(N)C=C1)C1CCC(O)OC1. The van der Waals surface area contributed by atoms with Crippen molar-refractivity contribution < 1.29 is 19.4 Å². The average Bonchev–Trinajstić information content (AvgIpc) is 2.49. The number of ether oxygens (including phenoxy) is 2. The maximum atomic E-state index is 12.2. The smallest absolute Gasteiger partial charge is 0.410 e. The molecule has 1 fully saturated rings. The van der Waals surface area contributed by atoms with Crippen LogP contribution in [0.4, 0.5) is 4.79 Å². The zero-order chi connectivity index (χ0) is 15.2. The second kappa shape index (κ2) is 7.59. The van der Waals surface area contributed by atoms with E-state index in [2.05, 4.69) is 0 Å². The number of likely N-dealkylation sites (N-methyl/N-ethyl adjacent to an activating group) is 1.